The highest BCUT2D eigenvalue weighted by Crippen LogP contribution is 2.24. The summed E-state index contributed by atoms with van der Waals surface area (Å²) in [5.74, 6) is 0. The molecule has 0 aromatic heterocycles. The number of nitrogens with one attached hydrogen (secondary N) is 1. The van der Waals surface area contributed by atoms with Crippen LogP contribution in [0.3, 0.4) is 0 Å². The summed E-state index contributed by atoms with van der Waals surface area (Å²) in [6.45, 7) is 14.6. The monoisotopic (exact) mass is 269 g/mol. The van der Waals surface area contributed by atoms with Gasteiger partial charge in [0.05, 0.1) is 11.6 Å². The van der Waals surface area contributed by atoms with E-state index in [1.54, 1.807) is 32.9 Å². The summed E-state index contributed by atoms with van der Waals surface area (Å²) in [5.41, 5.74) is -1.63. The van der Waals surface area contributed by atoms with Crippen molar-refractivity contribution in [1.29, 1.82) is 0 Å². The van der Waals surface area contributed by atoms with Gasteiger partial charge in [-0.15, -0.1) is 13.2 Å². The molecule has 0 aromatic rings. The van der Waals surface area contributed by atoms with Crippen LogP contribution in [0, 0.1) is 0 Å². The van der Waals surface area contributed by atoms with Crippen LogP contribution in [0.4, 0.5) is 4.79 Å². The summed E-state index contributed by atoms with van der Waals surface area (Å²) in [5, 5.41) is 13.3. The number of carbonyl (C=O) groups excluding carboxylic acids is 1. The van der Waals surface area contributed by atoms with Crippen molar-refractivity contribution >= 4 is 6.09 Å². The molecule has 0 aromatic carbocycles. The smallest absolute Gasteiger partial charge is 0.407 e. The van der Waals surface area contributed by atoms with E-state index in [2.05, 4.69) is 18.5 Å². The molecular weight excluding hydrogens is 242 g/mol. The zero-order valence-electron chi connectivity index (χ0n) is 12.5. The maximum atomic E-state index is 11.8. The van der Waals surface area contributed by atoms with Gasteiger partial charge in [0.1, 0.15) is 5.60 Å². The van der Waals surface area contributed by atoms with E-state index in [0.29, 0.717) is 19.3 Å². The molecule has 0 aliphatic carbocycles. The lowest BCUT2D eigenvalue weighted by molar-refractivity contribution is -0.00453. The van der Waals surface area contributed by atoms with Gasteiger partial charge in [0.25, 0.3) is 0 Å². The third-order valence-corrected chi connectivity index (χ3v) is 2.74. The van der Waals surface area contributed by atoms with Crippen LogP contribution in [-0.2, 0) is 4.74 Å². The van der Waals surface area contributed by atoms with Crippen molar-refractivity contribution in [1.82, 2.24) is 5.32 Å². The summed E-state index contributed by atoms with van der Waals surface area (Å²) in [4.78, 5) is 11.8. The fourth-order valence-electron chi connectivity index (χ4n) is 1.93. The molecule has 0 unspecified atom stereocenters. The quantitative estimate of drug-likeness (QED) is 0.698. The Labute approximate surface area is 116 Å². The molecule has 0 spiro atoms. The fourth-order valence-corrected chi connectivity index (χ4v) is 1.93. The average Bonchev–Trinajstić information content (AvgIpc) is 2.23. The predicted octanol–water partition coefficient (Wildman–Crippen LogP) is 3.17. The minimum Gasteiger partial charge on any atom is -0.444 e. The molecule has 0 fully saturated rings. The first-order valence-electron chi connectivity index (χ1n) is 6.62. The Morgan fingerprint density at radius 3 is 2.11 bits per heavy atom. The molecule has 1 amide bonds. The van der Waals surface area contributed by atoms with Gasteiger partial charge in [-0.05, 0) is 40.0 Å². The first-order valence-corrected chi connectivity index (χ1v) is 6.62. The number of alkyl carbamates (subject to hydrolysis) is 1. The molecule has 0 saturated carbocycles. The number of hydrogen-bond acceptors (Lipinski definition) is 3. The topological polar surface area (TPSA) is 58.6 Å². The molecule has 0 saturated heterocycles. The predicted molar refractivity (Wildman–Crippen MR) is 78.0 cm³/mol. The van der Waals surface area contributed by atoms with Crippen molar-refractivity contribution in [3.8, 4) is 0 Å². The van der Waals surface area contributed by atoms with E-state index in [1.165, 1.54) is 0 Å². The van der Waals surface area contributed by atoms with E-state index in [0.717, 1.165) is 0 Å². The lowest BCUT2D eigenvalue weighted by atomic mass is 9.85. The lowest BCUT2D eigenvalue weighted by Gasteiger charge is -2.35. The second-order valence-corrected chi connectivity index (χ2v) is 5.70. The molecule has 0 radical (unpaired) electrons. The molecule has 4 nitrogen and oxygen atoms in total. The Balaban J connectivity index is 4.82. The molecule has 2 N–H and O–H groups in total. The van der Waals surface area contributed by atoms with Crippen LogP contribution in [0.1, 0.15) is 47.0 Å². The van der Waals surface area contributed by atoms with Crippen molar-refractivity contribution in [2.45, 2.75) is 64.2 Å². The molecule has 0 aliphatic heterocycles. The van der Waals surface area contributed by atoms with Crippen LogP contribution in [0.15, 0.2) is 25.3 Å². The van der Waals surface area contributed by atoms with E-state index in [9.17, 15) is 9.90 Å². The summed E-state index contributed by atoms with van der Waals surface area (Å²) in [6, 6.07) is -0.404. The Morgan fingerprint density at radius 2 is 1.79 bits per heavy atom. The van der Waals surface area contributed by atoms with Gasteiger partial charge < -0.3 is 15.2 Å². The largest absolute Gasteiger partial charge is 0.444 e. The Kier molecular flexibility index (Phi) is 6.84. The van der Waals surface area contributed by atoms with Crippen LogP contribution in [-0.4, -0.2) is 28.4 Å². The first kappa shape index (κ1) is 17.7. The zero-order valence-corrected chi connectivity index (χ0v) is 12.5. The van der Waals surface area contributed by atoms with Crippen LogP contribution in [0.5, 0.6) is 0 Å². The van der Waals surface area contributed by atoms with Crippen molar-refractivity contribution in [2.24, 2.45) is 0 Å². The molecule has 1 atom stereocenters. The van der Waals surface area contributed by atoms with Gasteiger partial charge in [0, 0.05) is 0 Å². The van der Waals surface area contributed by atoms with Crippen molar-refractivity contribution in [3.05, 3.63) is 25.3 Å². The summed E-state index contributed by atoms with van der Waals surface area (Å²) in [7, 11) is 0. The molecule has 4 heteroatoms. The average molecular weight is 269 g/mol. The second kappa shape index (κ2) is 7.34. The number of hydrogen-bond donors (Lipinski definition) is 2. The Bertz CT molecular complexity index is 308. The van der Waals surface area contributed by atoms with E-state index in [4.69, 9.17) is 4.74 Å². The summed E-state index contributed by atoms with van der Waals surface area (Å²) in [6.07, 6.45) is 4.12. The normalized spacial score (nSPS) is 13.5. The van der Waals surface area contributed by atoms with E-state index >= 15 is 0 Å². The van der Waals surface area contributed by atoms with Crippen molar-refractivity contribution < 1.29 is 14.6 Å². The third kappa shape index (κ3) is 6.43. The van der Waals surface area contributed by atoms with E-state index < -0.39 is 23.3 Å². The van der Waals surface area contributed by atoms with Gasteiger partial charge >= 0.3 is 6.09 Å². The van der Waals surface area contributed by atoms with Gasteiger partial charge in [-0.25, -0.2) is 4.79 Å². The molecule has 0 rings (SSSR count). The van der Waals surface area contributed by atoms with Crippen molar-refractivity contribution in [2.75, 3.05) is 0 Å². The molecule has 0 heterocycles. The number of aliphatic hydroxyl groups is 1. The highest BCUT2D eigenvalue weighted by Gasteiger charge is 2.35. The first-order chi connectivity index (χ1) is 8.68. The number of ether oxygens (including phenoxy) is 1. The highest BCUT2D eigenvalue weighted by atomic mass is 16.6. The molecule has 0 bridgehead atoms. The maximum Gasteiger partial charge on any atom is 0.407 e. The Morgan fingerprint density at radius 1 is 1.32 bits per heavy atom. The van der Waals surface area contributed by atoms with Crippen LogP contribution >= 0.6 is 0 Å². The Hall–Kier alpha value is -1.29. The molecule has 0 aliphatic rings. The van der Waals surface area contributed by atoms with Gasteiger partial charge in [0.2, 0.25) is 0 Å². The van der Waals surface area contributed by atoms with Crippen molar-refractivity contribution in [3.63, 3.8) is 0 Å². The van der Waals surface area contributed by atoms with Crippen LogP contribution < -0.4 is 5.32 Å². The maximum absolute atomic E-state index is 11.8. The second-order valence-electron chi connectivity index (χ2n) is 5.70. The molecular formula is C15H27NO3. The molecule has 19 heavy (non-hydrogen) atoms. The SMILES string of the molecule is C=CCC(O)(CC=C)[C@H](CC)NC(=O)OC(C)(C)C. The molecule has 110 valence electrons. The summed E-state index contributed by atoms with van der Waals surface area (Å²) >= 11 is 0. The highest BCUT2D eigenvalue weighted by molar-refractivity contribution is 5.68. The fraction of sp³-hybridized carbons (Fsp3) is 0.667. The minimum absolute atomic E-state index is 0.382. The van der Waals surface area contributed by atoms with Gasteiger partial charge in [0.15, 0.2) is 0 Å². The van der Waals surface area contributed by atoms with Crippen LogP contribution in [0.25, 0.3) is 0 Å². The van der Waals surface area contributed by atoms with E-state index in [1.807, 2.05) is 6.92 Å². The van der Waals surface area contributed by atoms with Gasteiger partial charge in [-0.2, -0.15) is 0 Å². The zero-order chi connectivity index (χ0) is 15.1. The van der Waals surface area contributed by atoms with Gasteiger partial charge in [-0.3, -0.25) is 0 Å². The standard InChI is InChI=1S/C15H27NO3/c1-7-10-15(18,11-8-2)12(9-3)16-13(17)19-14(4,5)6/h7-8,12,18H,1-2,9-11H2,3-6H3,(H,16,17)/t12-/m0/s1. The number of rotatable bonds is 7. The van der Waals surface area contributed by atoms with Gasteiger partial charge in [-0.1, -0.05) is 19.1 Å². The van der Waals surface area contributed by atoms with Crippen LogP contribution in [0.2, 0.25) is 0 Å². The number of amides is 1. The summed E-state index contributed by atoms with van der Waals surface area (Å²) < 4.78 is 5.21. The number of carbonyl (C=O) groups is 1. The van der Waals surface area contributed by atoms with E-state index in [-0.39, 0.29) is 0 Å². The third-order valence-electron chi connectivity index (χ3n) is 2.74. The lowest BCUT2D eigenvalue weighted by Crippen LogP contribution is -2.53. The minimum atomic E-state index is -1.07.